The summed E-state index contributed by atoms with van der Waals surface area (Å²) in [6.07, 6.45) is 0.281. The first-order valence-corrected chi connectivity index (χ1v) is 5.90. The summed E-state index contributed by atoms with van der Waals surface area (Å²) < 4.78 is 35.3. The zero-order chi connectivity index (χ0) is 12.5. The van der Waals surface area contributed by atoms with Crippen molar-refractivity contribution >= 4 is 16.0 Å². The van der Waals surface area contributed by atoms with Crippen LogP contribution in [-0.4, -0.2) is 19.5 Å². The van der Waals surface area contributed by atoms with Crippen molar-refractivity contribution in [1.29, 1.82) is 0 Å². The topological polar surface area (TPSA) is 97.5 Å². The first-order valence-electron chi connectivity index (χ1n) is 4.36. The van der Waals surface area contributed by atoms with Crippen molar-refractivity contribution in [3.63, 3.8) is 0 Å². The van der Waals surface area contributed by atoms with Crippen molar-refractivity contribution in [3.8, 4) is 0 Å². The van der Waals surface area contributed by atoms with Crippen molar-refractivity contribution in [2.75, 3.05) is 0 Å². The second-order valence-corrected chi connectivity index (χ2v) is 4.67. The molecular weight excluding hydrogens is 237 g/mol. The molecule has 0 heterocycles. The standard InChI is InChI=1S/C9H10FNO4S/c1-2-5-3-7(10)8(16(11,14)15)4-6(5)9(12)13/h3-4H,2H2,1H3,(H,12,13)(H2,11,14,15). The molecule has 0 unspecified atom stereocenters. The molecule has 0 bridgehead atoms. The van der Waals surface area contributed by atoms with Gasteiger partial charge in [0.25, 0.3) is 0 Å². The highest BCUT2D eigenvalue weighted by atomic mass is 32.2. The van der Waals surface area contributed by atoms with Crippen LogP contribution in [0.4, 0.5) is 4.39 Å². The highest BCUT2D eigenvalue weighted by Gasteiger charge is 2.20. The Labute approximate surface area is 91.7 Å². The lowest BCUT2D eigenvalue weighted by Crippen LogP contribution is -2.16. The second kappa shape index (κ2) is 4.18. The largest absolute Gasteiger partial charge is 0.478 e. The lowest BCUT2D eigenvalue weighted by atomic mass is 10.1. The highest BCUT2D eigenvalue weighted by molar-refractivity contribution is 7.89. The SMILES string of the molecule is CCc1cc(F)c(S(N)(=O)=O)cc1C(=O)O. The van der Waals surface area contributed by atoms with Crippen LogP contribution < -0.4 is 5.14 Å². The summed E-state index contributed by atoms with van der Waals surface area (Å²) in [5.41, 5.74) is -0.0367. The fourth-order valence-electron chi connectivity index (χ4n) is 1.30. The van der Waals surface area contributed by atoms with Crippen LogP contribution in [-0.2, 0) is 16.4 Å². The molecule has 0 radical (unpaired) electrons. The van der Waals surface area contributed by atoms with E-state index in [2.05, 4.69) is 0 Å². The number of sulfonamides is 1. The molecule has 1 aromatic carbocycles. The van der Waals surface area contributed by atoms with E-state index in [1.165, 1.54) is 0 Å². The Morgan fingerprint density at radius 3 is 2.44 bits per heavy atom. The van der Waals surface area contributed by atoms with Gasteiger partial charge in [-0.3, -0.25) is 0 Å². The van der Waals surface area contributed by atoms with Gasteiger partial charge in [0.2, 0.25) is 10.0 Å². The zero-order valence-corrected chi connectivity index (χ0v) is 9.21. The molecule has 16 heavy (non-hydrogen) atoms. The molecule has 0 spiro atoms. The summed E-state index contributed by atoms with van der Waals surface area (Å²) in [6, 6.07) is 1.62. The normalized spacial score (nSPS) is 11.4. The number of hydrogen-bond acceptors (Lipinski definition) is 3. The average Bonchev–Trinajstić information content (AvgIpc) is 2.14. The number of carboxylic acids is 1. The number of benzene rings is 1. The van der Waals surface area contributed by atoms with Gasteiger partial charge >= 0.3 is 5.97 Å². The van der Waals surface area contributed by atoms with Crippen molar-refractivity contribution < 1.29 is 22.7 Å². The molecule has 88 valence electrons. The first-order chi connectivity index (χ1) is 7.27. The number of nitrogens with two attached hydrogens (primary N) is 1. The Bertz CT molecular complexity index is 539. The van der Waals surface area contributed by atoms with Crippen LogP contribution in [0.2, 0.25) is 0 Å². The summed E-state index contributed by atoms with van der Waals surface area (Å²) in [5, 5.41) is 13.6. The zero-order valence-electron chi connectivity index (χ0n) is 8.40. The van der Waals surface area contributed by atoms with Crippen molar-refractivity contribution in [1.82, 2.24) is 0 Å². The Morgan fingerprint density at radius 1 is 1.50 bits per heavy atom. The highest BCUT2D eigenvalue weighted by Crippen LogP contribution is 2.20. The van der Waals surface area contributed by atoms with Gasteiger partial charge in [0.15, 0.2) is 0 Å². The molecule has 0 saturated heterocycles. The third-order valence-electron chi connectivity index (χ3n) is 2.08. The lowest BCUT2D eigenvalue weighted by Gasteiger charge is -2.07. The minimum absolute atomic E-state index is 0.220. The maximum absolute atomic E-state index is 13.3. The minimum atomic E-state index is -4.25. The summed E-state index contributed by atoms with van der Waals surface area (Å²) in [6.45, 7) is 1.64. The molecule has 0 fully saturated rings. The molecular formula is C9H10FNO4S. The third kappa shape index (κ3) is 2.37. The fraction of sp³-hybridized carbons (Fsp3) is 0.222. The van der Waals surface area contributed by atoms with Crippen LogP contribution in [0.15, 0.2) is 17.0 Å². The Balaban J connectivity index is 3.58. The maximum atomic E-state index is 13.3. The van der Waals surface area contributed by atoms with E-state index in [9.17, 15) is 17.6 Å². The molecule has 3 N–H and O–H groups in total. The van der Waals surface area contributed by atoms with E-state index < -0.39 is 26.7 Å². The average molecular weight is 247 g/mol. The second-order valence-electron chi connectivity index (χ2n) is 3.14. The smallest absolute Gasteiger partial charge is 0.336 e. The Morgan fingerprint density at radius 2 is 2.06 bits per heavy atom. The molecule has 0 aliphatic rings. The summed E-state index contributed by atoms with van der Waals surface area (Å²) >= 11 is 0. The molecule has 0 aliphatic carbocycles. The first kappa shape index (κ1) is 12.6. The van der Waals surface area contributed by atoms with Crippen LogP contribution in [0.1, 0.15) is 22.8 Å². The van der Waals surface area contributed by atoms with E-state index in [1.54, 1.807) is 6.92 Å². The Hall–Kier alpha value is -1.47. The number of aryl methyl sites for hydroxylation is 1. The molecule has 0 atom stereocenters. The summed E-state index contributed by atoms with van der Waals surface area (Å²) in [5.74, 6) is -2.36. The van der Waals surface area contributed by atoms with Crippen LogP contribution in [0.3, 0.4) is 0 Å². The number of carboxylic acid groups (broad SMARTS) is 1. The fourth-order valence-corrected chi connectivity index (χ4v) is 1.92. The number of halogens is 1. The van der Waals surface area contributed by atoms with Crippen molar-refractivity contribution in [2.45, 2.75) is 18.2 Å². The summed E-state index contributed by atoms with van der Waals surface area (Å²) in [7, 11) is -4.25. The molecule has 0 aliphatic heterocycles. The lowest BCUT2D eigenvalue weighted by molar-refractivity contribution is 0.0695. The quantitative estimate of drug-likeness (QED) is 0.822. The molecule has 7 heteroatoms. The molecule has 5 nitrogen and oxygen atoms in total. The van der Waals surface area contributed by atoms with E-state index in [4.69, 9.17) is 10.2 Å². The van der Waals surface area contributed by atoms with Gasteiger partial charge < -0.3 is 5.11 Å². The van der Waals surface area contributed by atoms with Gasteiger partial charge in [-0.1, -0.05) is 6.92 Å². The maximum Gasteiger partial charge on any atom is 0.336 e. The van der Waals surface area contributed by atoms with Gasteiger partial charge in [-0.15, -0.1) is 0 Å². The molecule has 1 aromatic rings. The van der Waals surface area contributed by atoms with E-state index in [-0.39, 0.29) is 17.5 Å². The van der Waals surface area contributed by atoms with E-state index in [1.807, 2.05) is 0 Å². The van der Waals surface area contributed by atoms with Crippen LogP contribution in [0.25, 0.3) is 0 Å². The monoisotopic (exact) mass is 247 g/mol. The van der Waals surface area contributed by atoms with Gasteiger partial charge in [0.05, 0.1) is 5.56 Å². The predicted octanol–water partition coefficient (Wildman–Crippen LogP) is 0.734. The predicted molar refractivity (Wildman–Crippen MR) is 54.1 cm³/mol. The summed E-state index contributed by atoms with van der Waals surface area (Å²) in [4.78, 5) is 10.0. The van der Waals surface area contributed by atoms with E-state index in [0.717, 1.165) is 12.1 Å². The molecule has 0 amide bonds. The van der Waals surface area contributed by atoms with E-state index in [0.29, 0.717) is 0 Å². The number of primary sulfonamides is 1. The molecule has 1 rings (SSSR count). The van der Waals surface area contributed by atoms with Crippen molar-refractivity contribution in [3.05, 3.63) is 29.1 Å². The number of hydrogen-bond donors (Lipinski definition) is 2. The van der Waals surface area contributed by atoms with Crippen LogP contribution in [0.5, 0.6) is 0 Å². The van der Waals surface area contributed by atoms with E-state index >= 15 is 0 Å². The van der Waals surface area contributed by atoms with Gasteiger partial charge in [0.1, 0.15) is 10.7 Å². The molecule has 0 aromatic heterocycles. The minimum Gasteiger partial charge on any atom is -0.478 e. The number of rotatable bonds is 3. The van der Waals surface area contributed by atoms with Crippen LogP contribution in [0, 0.1) is 5.82 Å². The van der Waals surface area contributed by atoms with Gasteiger partial charge in [-0.25, -0.2) is 22.7 Å². The third-order valence-corrected chi connectivity index (χ3v) is 3.00. The van der Waals surface area contributed by atoms with Gasteiger partial charge in [0, 0.05) is 0 Å². The van der Waals surface area contributed by atoms with Gasteiger partial charge in [-0.05, 0) is 24.1 Å². The van der Waals surface area contributed by atoms with Crippen LogP contribution >= 0.6 is 0 Å². The van der Waals surface area contributed by atoms with Gasteiger partial charge in [-0.2, -0.15) is 0 Å². The molecule has 0 saturated carbocycles. The van der Waals surface area contributed by atoms with Crippen molar-refractivity contribution in [2.24, 2.45) is 5.14 Å². The number of aromatic carboxylic acids is 1. The number of carbonyl (C=O) groups is 1. The Kier molecular flexibility index (Phi) is 3.30.